The number of carbonyl (C=O) groups is 1. The lowest BCUT2D eigenvalue weighted by Crippen LogP contribution is -2.35. The van der Waals surface area contributed by atoms with E-state index in [1.807, 2.05) is 0 Å². The van der Waals surface area contributed by atoms with Crippen LogP contribution in [0.1, 0.15) is 19.8 Å². The number of rotatable bonds is 6. The van der Waals surface area contributed by atoms with Crippen molar-refractivity contribution < 1.29 is 18.3 Å². The second-order valence-electron chi connectivity index (χ2n) is 3.51. The van der Waals surface area contributed by atoms with Gasteiger partial charge in [-0.15, -0.1) is 11.3 Å². The molecule has 0 bridgehead atoms. The summed E-state index contributed by atoms with van der Waals surface area (Å²) in [5, 5.41) is 8.66. The molecule has 1 aromatic heterocycles. The quantitative estimate of drug-likeness (QED) is 0.839. The van der Waals surface area contributed by atoms with E-state index in [2.05, 4.69) is 4.72 Å². The van der Waals surface area contributed by atoms with Gasteiger partial charge in [-0.1, -0.05) is 30.1 Å². The molecule has 102 valence electrons. The Hall–Kier alpha value is -0.340. The monoisotopic (exact) mass is 331 g/mol. The Bertz CT molecular complexity index is 541. The lowest BCUT2D eigenvalue weighted by molar-refractivity contribution is -0.137. The highest BCUT2D eigenvalue weighted by molar-refractivity contribution is 7.89. The first-order valence-electron chi connectivity index (χ1n) is 4.95. The second-order valence-corrected chi connectivity index (χ2v) is 7.48. The van der Waals surface area contributed by atoms with Gasteiger partial charge in [0.15, 0.2) is 0 Å². The van der Waals surface area contributed by atoms with E-state index in [0.29, 0.717) is 6.42 Å². The van der Waals surface area contributed by atoms with Crippen LogP contribution in [-0.2, 0) is 14.8 Å². The molecule has 0 saturated heterocycles. The normalized spacial score (nSPS) is 13.5. The molecular formula is C9H11Cl2NO4S2. The average Bonchev–Trinajstić information content (AvgIpc) is 2.56. The van der Waals surface area contributed by atoms with E-state index in [1.165, 1.54) is 6.07 Å². The van der Waals surface area contributed by atoms with E-state index < -0.39 is 22.0 Å². The molecule has 0 aromatic carbocycles. The van der Waals surface area contributed by atoms with Crippen LogP contribution in [0.25, 0.3) is 0 Å². The Kier molecular flexibility index (Phi) is 5.42. The maximum absolute atomic E-state index is 12.0. The predicted octanol–water partition coefficient (Wildman–Crippen LogP) is 2.59. The molecule has 0 aliphatic heterocycles. The number of aliphatic carboxylic acids is 1. The minimum atomic E-state index is -3.85. The van der Waals surface area contributed by atoms with Gasteiger partial charge in [0.05, 0.1) is 10.8 Å². The zero-order chi connectivity index (χ0) is 13.9. The van der Waals surface area contributed by atoms with Crippen molar-refractivity contribution in [3.05, 3.63) is 14.7 Å². The molecule has 0 spiro atoms. The number of hydrogen-bond acceptors (Lipinski definition) is 4. The van der Waals surface area contributed by atoms with Gasteiger partial charge < -0.3 is 5.11 Å². The Morgan fingerprint density at radius 3 is 2.56 bits per heavy atom. The number of thiophene rings is 1. The second kappa shape index (κ2) is 6.21. The molecule has 2 N–H and O–H groups in total. The van der Waals surface area contributed by atoms with Crippen molar-refractivity contribution in [1.82, 2.24) is 4.72 Å². The minimum absolute atomic E-state index is 0.0534. The van der Waals surface area contributed by atoms with Crippen LogP contribution < -0.4 is 4.72 Å². The van der Waals surface area contributed by atoms with Gasteiger partial charge in [0.1, 0.15) is 9.23 Å². The molecule has 0 saturated carbocycles. The third-order valence-corrected chi connectivity index (χ3v) is 5.42. The lowest BCUT2D eigenvalue weighted by atomic mass is 10.2. The Labute approximate surface area is 119 Å². The first-order chi connectivity index (χ1) is 8.26. The van der Waals surface area contributed by atoms with Gasteiger partial charge in [0, 0.05) is 6.04 Å². The Morgan fingerprint density at radius 2 is 2.17 bits per heavy atom. The number of carboxylic acid groups (broad SMARTS) is 1. The van der Waals surface area contributed by atoms with Crippen LogP contribution in [-0.4, -0.2) is 25.5 Å². The van der Waals surface area contributed by atoms with E-state index in [0.717, 1.165) is 11.3 Å². The highest BCUT2D eigenvalue weighted by Crippen LogP contribution is 2.34. The van der Waals surface area contributed by atoms with Gasteiger partial charge in [0.25, 0.3) is 0 Å². The first-order valence-corrected chi connectivity index (χ1v) is 8.00. The zero-order valence-corrected chi connectivity index (χ0v) is 12.5. The fraction of sp³-hybridized carbons (Fsp3) is 0.444. The van der Waals surface area contributed by atoms with Crippen LogP contribution in [0.3, 0.4) is 0 Å². The number of carboxylic acids is 1. The van der Waals surface area contributed by atoms with Crippen molar-refractivity contribution in [2.45, 2.75) is 30.7 Å². The predicted molar refractivity (Wildman–Crippen MR) is 71.0 cm³/mol. The van der Waals surface area contributed by atoms with Crippen LogP contribution in [0.4, 0.5) is 0 Å². The fourth-order valence-electron chi connectivity index (χ4n) is 1.27. The van der Waals surface area contributed by atoms with Crippen molar-refractivity contribution in [3.8, 4) is 0 Å². The maximum atomic E-state index is 12.0. The Balaban J connectivity index is 2.94. The largest absolute Gasteiger partial charge is 0.481 e. The molecular weight excluding hydrogens is 321 g/mol. The molecule has 1 aromatic rings. The topological polar surface area (TPSA) is 83.5 Å². The lowest BCUT2D eigenvalue weighted by Gasteiger charge is -2.14. The molecule has 0 radical (unpaired) electrons. The van der Waals surface area contributed by atoms with Gasteiger partial charge >= 0.3 is 5.97 Å². The minimum Gasteiger partial charge on any atom is -0.481 e. The third kappa shape index (κ3) is 4.10. The van der Waals surface area contributed by atoms with E-state index in [9.17, 15) is 13.2 Å². The molecule has 18 heavy (non-hydrogen) atoms. The van der Waals surface area contributed by atoms with E-state index in [-0.39, 0.29) is 20.0 Å². The number of nitrogens with one attached hydrogen (secondary N) is 1. The fourth-order valence-corrected chi connectivity index (χ4v) is 4.74. The summed E-state index contributed by atoms with van der Waals surface area (Å²) >= 11 is 12.4. The molecule has 0 fully saturated rings. The van der Waals surface area contributed by atoms with Gasteiger partial charge in [0.2, 0.25) is 10.0 Å². The molecule has 0 aliphatic rings. The van der Waals surface area contributed by atoms with Crippen LogP contribution in [0.2, 0.25) is 8.67 Å². The third-order valence-electron chi connectivity index (χ3n) is 2.15. The van der Waals surface area contributed by atoms with Crippen LogP contribution >= 0.6 is 34.5 Å². The summed E-state index contributed by atoms with van der Waals surface area (Å²) in [6, 6.07) is 0.562. The molecule has 0 aliphatic carbocycles. The molecule has 9 heteroatoms. The van der Waals surface area contributed by atoms with Gasteiger partial charge in [-0.2, -0.15) is 0 Å². The number of halogens is 2. The van der Waals surface area contributed by atoms with E-state index in [1.54, 1.807) is 6.92 Å². The van der Waals surface area contributed by atoms with Gasteiger partial charge in [-0.05, 0) is 12.5 Å². The first kappa shape index (κ1) is 15.7. The van der Waals surface area contributed by atoms with Crippen molar-refractivity contribution in [3.63, 3.8) is 0 Å². The Morgan fingerprint density at radius 1 is 1.56 bits per heavy atom. The van der Waals surface area contributed by atoms with E-state index in [4.69, 9.17) is 28.3 Å². The number of sulfonamides is 1. The van der Waals surface area contributed by atoms with Gasteiger partial charge in [-0.3, -0.25) is 4.79 Å². The molecule has 1 atom stereocenters. The molecule has 5 nitrogen and oxygen atoms in total. The molecule has 1 heterocycles. The summed E-state index contributed by atoms with van der Waals surface area (Å²) in [5.74, 6) is -1.07. The summed E-state index contributed by atoms with van der Waals surface area (Å²) in [7, 11) is -3.85. The van der Waals surface area contributed by atoms with Crippen molar-refractivity contribution >= 4 is 50.5 Å². The smallest absolute Gasteiger partial charge is 0.304 e. The molecule has 1 unspecified atom stereocenters. The average molecular weight is 332 g/mol. The zero-order valence-electron chi connectivity index (χ0n) is 9.31. The standard InChI is InChI=1S/C9H11Cl2NO4S2/c1-2-5(3-8(13)14)12-18(15,16)6-4-7(10)17-9(6)11/h4-5,12H,2-3H2,1H3,(H,13,14). The van der Waals surface area contributed by atoms with E-state index >= 15 is 0 Å². The number of hydrogen-bond donors (Lipinski definition) is 2. The summed E-state index contributed by atoms with van der Waals surface area (Å²) in [6.07, 6.45) is 0.0756. The van der Waals surface area contributed by atoms with Crippen molar-refractivity contribution in [1.29, 1.82) is 0 Å². The molecule has 0 amide bonds. The maximum Gasteiger partial charge on any atom is 0.304 e. The molecule has 1 rings (SSSR count). The van der Waals surface area contributed by atoms with Crippen LogP contribution in [0.15, 0.2) is 11.0 Å². The van der Waals surface area contributed by atoms with Gasteiger partial charge in [-0.25, -0.2) is 13.1 Å². The van der Waals surface area contributed by atoms with Crippen molar-refractivity contribution in [2.24, 2.45) is 0 Å². The summed E-state index contributed by atoms with van der Waals surface area (Å²) in [4.78, 5) is 10.5. The summed E-state index contributed by atoms with van der Waals surface area (Å²) in [6.45, 7) is 1.69. The SMILES string of the molecule is CCC(CC(=O)O)NS(=O)(=O)c1cc(Cl)sc1Cl. The highest BCUT2D eigenvalue weighted by Gasteiger charge is 2.24. The summed E-state index contributed by atoms with van der Waals surface area (Å²) in [5.41, 5.74) is 0. The van der Waals surface area contributed by atoms with Crippen molar-refractivity contribution in [2.75, 3.05) is 0 Å². The highest BCUT2D eigenvalue weighted by atomic mass is 35.5. The van der Waals surface area contributed by atoms with Crippen LogP contribution in [0, 0.1) is 0 Å². The summed E-state index contributed by atoms with van der Waals surface area (Å²) < 4.78 is 26.6. The van der Waals surface area contributed by atoms with Crippen LogP contribution in [0.5, 0.6) is 0 Å².